The van der Waals surface area contributed by atoms with E-state index in [4.69, 9.17) is 5.11 Å². The van der Waals surface area contributed by atoms with Crippen molar-refractivity contribution in [2.75, 3.05) is 18.4 Å². The van der Waals surface area contributed by atoms with Gasteiger partial charge in [0.05, 0.1) is 17.5 Å². The largest absolute Gasteiger partial charge is 0.481 e. The topological polar surface area (TPSA) is 87.5 Å². The van der Waals surface area contributed by atoms with Crippen LogP contribution in [0, 0.1) is 11.8 Å². The molecule has 1 fully saturated rings. The Morgan fingerprint density at radius 1 is 1.22 bits per heavy atom. The molecule has 27 heavy (non-hydrogen) atoms. The fraction of sp³-hybridized carbons (Fsp3) is 0.353. The van der Waals surface area contributed by atoms with E-state index in [2.05, 4.69) is 10.4 Å². The van der Waals surface area contributed by atoms with Crippen molar-refractivity contribution < 1.29 is 27.9 Å². The summed E-state index contributed by atoms with van der Waals surface area (Å²) in [6, 6.07) is 8.18. The van der Waals surface area contributed by atoms with Crippen LogP contribution >= 0.6 is 0 Å². The number of hydrogen-bond donors (Lipinski definition) is 2. The van der Waals surface area contributed by atoms with E-state index in [9.17, 15) is 22.8 Å². The highest BCUT2D eigenvalue weighted by molar-refractivity contribution is 5.94. The molecule has 3 rings (SSSR count). The van der Waals surface area contributed by atoms with Crippen LogP contribution in [-0.2, 0) is 11.8 Å². The maximum absolute atomic E-state index is 13.1. The van der Waals surface area contributed by atoms with E-state index in [1.807, 2.05) is 6.07 Å². The summed E-state index contributed by atoms with van der Waals surface area (Å²) in [5, 5.41) is 15.9. The quantitative estimate of drug-likeness (QED) is 0.855. The van der Waals surface area contributed by atoms with Gasteiger partial charge >= 0.3 is 18.2 Å². The molecule has 2 amide bonds. The monoisotopic (exact) mass is 382 g/mol. The normalized spacial score (nSPS) is 19.9. The average molecular weight is 382 g/mol. The maximum atomic E-state index is 13.1. The molecule has 1 aromatic heterocycles. The van der Waals surface area contributed by atoms with E-state index < -0.39 is 43.1 Å². The lowest BCUT2D eigenvalue weighted by molar-refractivity contribution is -0.187. The maximum Gasteiger partial charge on any atom is 0.394 e. The van der Waals surface area contributed by atoms with Crippen molar-refractivity contribution in [2.24, 2.45) is 18.9 Å². The number of carbonyl (C=O) groups excluding carboxylic acids is 1. The Balaban J connectivity index is 1.80. The summed E-state index contributed by atoms with van der Waals surface area (Å²) in [6.07, 6.45) is -3.16. The fourth-order valence-corrected chi connectivity index (χ4v) is 3.13. The highest BCUT2D eigenvalue weighted by atomic mass is 19.4. The fourth-order valence-electron chi connectivity index (χ4n) is 3.13. The SMILES string of the molecule is Cn1cc(NC(=O)N2C[C@@H](C(F)(F)F)[C@H](C(=O)O)C2)c(-c2ccccc2)n1. The lowest BCUT2D eigenvalue weighted by Crippen LogP contribution is -2.35. The molecule has 0 radical (unpaired) electrons. The second kappa shape index (κ2) is 6.93. The minimum absolute atomic E-state index is 0.330. The summed E-state index contributed by atoms with van der Waals surface area (Å²) in [4.78, 5) is 24.5. The van der Waals surface area contributed by atoms with Gasteiger partial charge in [-0.05, 0) is 0 Å². The zero-order valence-corrected chi connectivity index (χ0v) is 14.3. The number of urea groups is 1. The van der Waals surface area contributed by atoms with E-state index in [1.165, 1.54) is 10.9 Å². The number of carboxylic acid groups (broad SMARTS) is 1. The van der Waals surface area contributed by atoms with E-state index >= 15 is 0 Å². The number of nitrogens with one attached hydrogen (secondary N) is 1. The third-order valence-corrected chi connectivity index (χ3v) is 4.46. The number of aromatic nitrogens is 2. The molecular weight excluding hydrogens is 365 g/mol. The number of aryl methyl sites for hydroxylation is 1. The van der Waals surface area contributed by atoms with Crippen molar-refractivity contribution in [3.05, 3.63) is 36.5 Å². The lowest BCUT2D eigenvalue weighted by atomic mass is 9.96. The summed E-state index contributed by atoms with van der Waals surface area (Å²) >= 11 is 0. The van der Waals surface area contributed by atoms with Crippen LogP contribution in [0.1, 0.15) is 0 Å². The summed E-state index contributed by atoms with van der Waals surface area (Å²) in [7, 11) is 1.65. The van der Waals surface area contributed by atoms with Crippen LogP contribution in [0.15, 0.2) is 36.5 Å². The number of halogens is 3. The van der Waals surface area contributed by atoms with Gasteiger partial charge in [0.25, 0.3) is 0 Å². The van der Waals surface area contributed by atoms with Crippen molar-refractivity contribution >= 4 is 17.7 Å². The summed E-state index contributed by atoms with van der Waals surface area (Å²) in [6.45, 7) is -1.21. The average Bonchev–Trinajstić information content (AvgIpc) is 3.19. The molecule has 1 aliphatic rings. The van der Waals surface area contributed by atoms with E-state index in [1.54, 1.807) is 31.3 Å². The highest BCUT2D eigenvalue weighted by Gasteiger charge is 2.53. The second-order valence-corrected chi connectivity index (χ2v) is 6.36. The van der Waals surface area contributed by atoms with Crippen LogP contribution in [0.4, 0.5) is 23.7 Å². The molecule has 10 heteroatoms. The predicted molar refractivity (Wildman–Crippen MR) is 89.9 cm³/mol. The number of aliphatic carboxylic acids is 1. The van der Waals surface area contributed by atoms with Crippen molar-refractivity contribution in [3.63, 3.8) is 0 Å². The second-order valence-electron chi connectivity index (χ2n) is 6.36. The van der Waals surface area contributed by atoms with Crippen LogP contribution in [0.3, 0.4) is 0 Å². The van der Waals surface area contributed by atoms with Gasteiger partial charge in [0.2, 0.25) is 0 Å². The Bertz CT molecular complexity index is 851. The van der Waals surface area contributed by atoms with Gasteiger partial charge in [0.15, 0.2) is 0 Å². The molecular formula is C17H17F3N4O3. The Kier molecular flexibility index (Phi) is 4.81. The number of likely N-dealkylation sites (tertiary alicyclic amines) is 1. The molecule has 1 aromatic carbocycles. The van der Waals surface area contributed by atoms with Gasteiger partial charge in [-0.25, -0.2) is 4.79 Å². The molecule has 0 saturated carbocycles. The van der Waals surface area contributed by atoms with Crippen molar-refractivity contribution in [2.45, 2.75) is 6.18 Å². The van der Waals surface area contributed by atoms with Gasteiger partial charge < -0.3 is 15.3 Å². The minimum atomic E-state index is -4.69. The van der Waals surface area contributed by atoms with Gasteiger partial charge in [-0.15, -0.1) is 0 Å². The number of hydrogen-bond acceptors (Lipinski definition) is 3. The smallest absolute Gasteiger partial charge is 0.394 e. The number of alkyl halides is 3. The molecule has 7 nitrogen and oxygen atoms in total. The van der Waals surface area contributed by atoms with Gasteiger partial charge in [-0.1, -0.05) is 30.3 Å². The van der Waals surface area contributed by atoms with Crippen molar-refractivity contribution in [1.82, 2.24) is 14.7 Å². The molecule has 2 aromatic rings. The standard InChI is InChI=1S/C17H17F3N4O3/c1-23-9-13(14(22-23)10-5-3-2-4-6-10)21-16(27)24-7-11(15(25)26)12(8-24)17(18,19)20/h2-6,9,11-12H,7-8H2,1H3,(H,21,27)(H,25,26)/t11-,12-/m1/s1. The molecule has 0 bridgehead atoms. The lowest BCUT2D eigenvalue weighted by Gasteiger charge is -2.18. The molecule has 2 N–H and O–H groups in total. The Morgan fingerprint density at radius 3 is 2.44 bits per heavy atom. The third kappa shape index (κ3) is 3.88. The number of rotatable bonds is 3. The van der Waals surface area contributed by atoms with E-state index in [-0.39, 0.29) is 0 Å². The number of nitrogens with zero attached hydrogens (tertiary/aromatic N) is 3. The molecule has 2 atom stereocenters. The van der Waals surface area contributed by atoms with Crippen LogP contribution in [0.2, 0.25) is 0 Å². The number of carbonyl (C=O) groups is 2. The molecule has 144 valence electrons. The first kappa shape index (κ1) is 18.7. The molecule has 1 saturated heterocycles. The zero-order chi connectivity index (χ0) is 19.8. The van der Waals surface area contributed by atoms with Gasteiger partial charge in [-0.2, -0.15) is 18.3 Å². The van der Waals surface area contributed by atoms with Crippen molar-refractivity contribution in [3.8, 4) is 11.3 Å². The molecule has 0 spiro atoms. The summed E-state index contributed by atoms with van der Waals surface area (Å²) < 4.78 is 40.7. The molecule has 0 unspecified atom stereocenters. The van der Waals surface area contributed by atoms with Gasteiger partial charge in [-0.3, -0.25) is 9.48 Å². The highest BCUT2D eigenvalue weighted by Crippen LogP contribution is 2.38. The zero-order valence-electron chi connectivity index (χ0n) is 14.3. The Morgan fingerprint density at radius 2 is 1.89 bits per heavy atom. The van der Waals surface area contributed by atoms with Crippen LogP contribution in [0.25, 0.3) is 11.3 Å². The van der Waals surface area contributed by atoms with E-state index in [0.29, 0.717) is 11.4 Å². The predicted octanol–water partition coefficient (Wildman–Crippen LogP) is 2.81. The van der Waals surface area contributed by atoms with Gasteiger partial charge in [0, 0.05) is 31.9 Å². The van der Waals surface area contributed by atoms with Crippen LogP contribution in [0.5, 0.6) is 0 Å². The minimum Gasteiger partial charge on any atom is -0.481 e. The Labute approximate surface area is 152 Å². The number of benzene rings is 1. The summed E-state index contributed by atoms with van der Waals surface area (Å²) in [5.74, 6) is -5.35. The van der Waals surface area contributed by atoms with E-state index in [0.717, 1.165) is 10.5 Å². The van der Waals surface area contributed by atoms with Crippen LogP contribution in [-0.4, -0.2) is 51.1 Å². The van der Waals surface area contributed by atoms with Gasteiger partial charge in [0.1, 0.15) is 5.69 Å². The van der Waals surface area contributed by atoms with Crippen molar-refractivity contribution in [1.29, 1.82) is 0 Å². The first-order valence-electron chi connectivity index (χ1n) is 8.11. The third-order valence-electron chi connectivity index (χ3n) is 4.46. The molecule has 2 heterocycles. The van der Waals surface area contributed by atoms with Crippen LogP contribution < -0.4 is 5.32 Å². The first-order valence-corrected chi connectivity index (χ1v) is 8.11. The summed E-state index contributed by atoms with van der Waals surface area (Å²) in [5.41, 5.74) is 1.52. The molecule has 1 aliphatic heterocycles. The first-order chi connectivity index (χ1) is 12.7. The number of carboxylic acids is 1. The Hall–Kier alpha value is -3.04. The molecule has 0 aliphatic carbocycles. The number of anilines is 1. The number of amides is 2.